The Hall–Kier alpha value is -0.100. The third-order valence-electron chi connectivity index (χ3n) is 1.64. The van der Waals surface area contributed by atoms with Crippen LogP contribution in [0.25, 0.3) is 0 Å². The summed E-state index contributed by atoms with van der Waals surface area (Å²) in [6.45, 7) is 1.79. The monoisotopic (exact) mass is 353 g/mol. The summed E-state index contributed by atoms with van der Waals surface area (Å²) < 4.78 is 1.04. The lowest BCUT2D eigenvalue weighted by atomic mass is 10.1. The molecule has 0 radical (unpaired) electrons. The van der Waals surface area contributed by atoms with E-state index in [4.69, 9.17) is 5.73 Å². The molecule has 4 heteroatoms. The summed E-state index contributed by atoms with van der Waals surface area (Å²) in [7, 11) is 0. The number of hydrogen-bond acceptors (Lipinski definition) is 2. The van der Waals surface area contributed by atoms with E-state index in [1.807, 2.05) is 6.07 Å². The van der Waals surface area contributed by atoms with Crippen LogP contribution < -0.4 is 5.73 Å². The second-order valence-electron chi connectivity index (χ2n) is 2.71. The van der Waals surface area contributed by atoms with E-state index >= 15 is 0 Å². The molecule has 0 amide bonds. The summed E-state index contributed by atoms with van der Waals surface area (Å²) in [5.41, 5.74) is 6.85. The lowest BCUT2D eigenvalue weighted by molar-refractivity contribution is 0.0996. The minimum Gasteiger partial charge on any atom is -0.398 e. The minimum absolute atomic E-state index is 0.0221. The Labute approximate surface area is 99.2 Å². The van der Waals surface area contributed by atoms with Crippen molar-refractivity contribution in [1.82, 2.24) is 0 Å². The van der Waals surface area contributed by atoms with Crippen molar-refractivity contribution < 1.29 is 4.79 Å². The first kappa shape index (κ1) is 11.0. The first-order valence-corrected chi connectivity index (χ1v) is 5.75. The summed E-state index contributed by atoms with van der Waals surface area (Å²) in [5.74, 6) is 0.0221. The normalized spacial score (nSPS) is 12.5. The van der Waals surface area contributed by atoms with Gasteiger partial charge >= 0.3 is 0 Å². The van der Waals surface area contributed by atoms with E-state index in [9.17, 15) is 4.79 Å². The van der Waals surface area contributed by atoms with Crippen LogP contribution in [0, 0.1) is 3.57 Å². The number of rotatable bonds is 2. The molecular formula is C9H9BrINO. The highest BCUT2D eigenvalue weighted by molar-refractivity contribution is 14.1. The fourth-order valence-electron chi connectivity index (χ4n) is 0.972. The van der Waals surface area contributed by atoms with E-state index in [0.717, 1.165) is 3.57 Å². The zero-order valence-electron chi connectivity index (χ0n) is 7.05. The number of carbonyl (C=O) groups excluding carboxylic acids is 1. The smallest absolute Gasteiger partial charge is 0.178 e. The van der Waals surface area contributed by atoms with Crippen molar-refractivity contribution in [3.8, 4) is 0 Å². The van der Waals surface area contributed by atoms with Crippen LogP contribution in [0.15, 0.2) is 18.2 Å². The number of hydrogen-bond donors (Lipinski definition) is 1. The molecule has 0 spiro atoms. The first-order valence-electron chi connectivity index (χ1n) is 3.75. The number of carbonyl (C=O) groups is 1. The molecule has 0 aliphatic rings. The van der Waals surface area contributed by atoms with Crippen molar-refractivity contribution >= 4 is 50.0 Å². The number of ketones is 1. The number of anilines is 1. The summed E-state index contributed by atoms with van der Waals surface area (Å²) in [4.78, 5) is 11.4. The van der Waals surface area contributed by atoms with E-state index in [1.165, 1.54) is 0 Å². The quantitative estimate of drug-likeness (QED) is 0.384. The molecule has 0 aliphatic heterocycles. The Morgan fingerprint density at radius 2 is 2.23 bits per heavy atom. The van der Waals surface area contributed by atoms with Crippen LogP contribution in [0.4, 0.5) is 5.69 Å². The molecule has 0 heterocycles. The SMILES string of the molecule is CC(Br)C(=O)c1ccc(I)cc1N. The maximum Gasteiger partial charge on any atom is 0.178 e. The van der Waals surface area contributed by atoms with Crippen LogP contribution >= 0.6 is 38.5 Å². The summed E-state index contributed by atoms with van der Waals surface area (Å²) >= 11 is 5.38. The maximum absolute atomic E-state index is 11.5. The first-order chi connectivity index (χ1) is 6.02. The standard InChI is InChI=1S/C9H9BrINO/c1-5(10)9(13)7-3-2-6(11)4-8(7)12/h2-5H,12H2,1H3. The number of halogens is 2. The Balaban J connectivity index is 3.09. The molecule has 13 heavy (non-hydrogen) atoms. The molecule has 70 valence electrons. The third kappa shape index (κ3) is 2.67. The van der Waals surface area contributed by atoms with Crippen molar-refractivity contribution in [3.05, 3.63) is 27.3 Å². The van der Waals surface area contributed by atoms with Gasteiger partial charge in [-0.15, -0.1) is 0 Å². The van der Waals surface area contributed by atoms with Crippen LogP contribution in [0.3, 0.4) is 0 Å². The Bertz CT molecular complexity index is 338. The predicted molar refractivity (Wildman–Crippen MR) is 66.3 cm³/mol. The lowest BCUT2D eigenvalue weighted by Crippen LogP contribution is -2.12. The largest absolute Gasteiger partial charge is 0.398 e. The van der Waals surface area contributed by atoms with Crippen LogP contribution in [-0.4, -0.2) is 10.6 Å². The average Bonchev–Trinajstić information content (AvgIpc) is 2.03. The van der Waals surface area contributed by atoms with Crippen molar-refractivity contribution in [3.63, 3.8) is 0 Å². The van der Waals surface area contributed by atoms with Gasteiger partial charge in [0.2, 0.25) is 0 Å². The Kier molecular flexibility index (Phi) is 3.73. The highest BCUT2D eigenvalue weighted by Gasteiger charge is 2.14. The van der Waals surface area contributed by atoms with Gasteiger partial charge < -0.3 is 5.73 Å². The van der Waals surface area contributed by atoms with Gasteiger partial charge in [-0.05, 0) is 47.7 Å². The van der Waals surface area contributed by atoms with Crippen molar-refractivity contribution in [2.75, 3.05) is 5.73 Å². The molecule has 0 aliphatic carbocycles. The zero-order valence-corrected chi connectivity index (χ0v) is 10.8. The fraction of sp³-hybridized carbons (Fsp3) is 0.222. The maximum atomic E-state index is 11.5. The topological polar surface area (TPSA) is 43.1 Å². The molecular weight excluding hydrogens is 345 g/mol. The van der Waals surface area contributed by atoms with E-state index in [-0.39, 0.29) is 10.6 Å². The fourth-order valence-corrected chi connectivity index (χ4v) is 1.73. The van der Waals surface area contributed by atoms with E-state index in [1.54, 1.807) is 19.1 Å². The number of alkyl halides is 1. The molecule has 0 aromatic heterocycles. The van der Waals surface area contributed by atoms with Crippen molar-refractivity contribution in [2.24, 2.45) is 0 Å². The van der Waals surface area contributed by atoms with Crippen molar-refractivity contribution in [1.29, 1.82) is 0 Å². The number of benzene rings is 1. The molecule has 0 bridgehead atoms. The van der Waals surface area contributed by atoms with Crippen LogP contribution in [0.2, 0.25) is 0 Å². The predicted octanol–water partition coefficient (Wildman–Crippen LogP) is 2.84. The van der Waals surface area contributed by atoms with E-state index in [2.05, 4.69) is 38.5 Å². The number of nitrogen functional groups attached to an aromatic ring is 1. The third-order valence-corrected chi connectivity index (χ3v) is 2.73. The van der Waals surface area contributed by atoms with Crippen molar-refractivity contribution in [2.45, 2.75) is 11.8 Å². The molecule has 0 saturated carbocycles. The summed E-state index contributed by atoms with van der Waals surface area (Å²) in [6.07, 6.45) is 0. The molecule has 2 nitrogen and oxygen atoms in total. The van der Waals surface area contributed by atoms with Gasteiger partial charge in [-0.25, -0.2) is 0 Å². The summed E-state index contributed by atoms with van der Waals surface area (Å²) in [5, 5.41) is 0. The van der Waals surface area contributed by atoms with E-state index < -0.39 is 0 Å². The molecule has 1 atom stereocenters. The van der Waals surface area contributed by atoms with Gasteiger partial charge in [-0.3, -0.25) is 4.79 Å². The number of nitrogens with two attached hydrogens (primary N) is 1. The minimum atomic E-state index is -0.185. The molecule has 1 rings (SSSR count). The summed E-state index contributed by atoms with van der Waals surface area (Å²) in [6, 6.07) is 5.43. The van der Waals surface area contributed by atoms with Gasteiger partial charge in [-0.2, -0.15) is 0 Å². The van der Waals surface area contributed by atoms with Crippen LogP contribution in [0.5, 0.6) is 0 Å². The van der Waals surface area contributed by atoms with Gasteiger partial charge in [-0.1, -0.05) is 15.9 Å². The number of Topliss-reactive ketones (excluding diaryl/α,β-unsaturated/α-hetero) is 1. The van der Waals surface area contributed by atoms with E-state index in [0.29, 0.717) is 11.3 Å². The van der Waals surface area contributed by atoms with Crippen LogP contribution in [-0.2, 0) is 0 Å². The molecule has 1 aromatic carbocycles. The second-order valence-corrected chi connectivity index (χ2v) is 5.33. The van der Waals surface area contributed by atoms with Gasteiger partial charge in [0.05, 0.1) is 4.83 Å². The lowest BCUT2D eigenvalue weighted by Gasteiger charge is -2.06. The molecule has 1 aromatic rings. The van der Waals surface area contributed by atoms with Gasteiger partial charge in [0.1, 0.15) is 0 Å². The Morgan fingerprint density at radius 3 is 2.69 bits per heavy atom. The molecule has 0 saturated heterocycles. The average molecular weight is 354 g/mol. The molecule has 0 fully saturated rings. The molecule has 1 unspecified atom stereocenters. The zero-order chi connectivity index (χ0) is 10.0. The van der Waals surface area contributed by atoms with Crippen LogP contribution in [0.1, 0.15) is 17.3 Å². The van der Waals surface area contributed by atoms with Gasteiger partial charge in [0, 0.05) is 14.8 Å². The van der Waals surface area contributed by atoms with Gasteiger partial charge in [0.15, 0.2) is 5.78 Å². The second kappa shape index (κ2) is 4.41. The highest BCUT2D eigenvalue weighted by atomic mass is 127. The highest BCUT2D eigenvalue weighted by Crippen LogP contribution is 2.19. The Morgan fingerprint density at radius 1 is 1.62 bits per heavy atom. The van der Waals surface area contributed by atoms with Gasteiger partial charge in [0.25, 0.3) is 0 Å². The molecule has 2 N–H and O–H groups in total.